The Bertz CT molecular complexity index is 577. The van der Waals surface area contributed by atoms with Crippen molar-refractivity contribution in [1.29, 1.82) is 0 Å². The molecule has 5 nitrogen and oxygen atoms in total. The second kappa shape index (κ2) is 5.99. The van der Waals surface area contributed by atoms with Crippen molar-refractivity contribution < 1.29 is 14.3 Å². The molecule has 2 amide bonds. The predicted octanol–water partition coefficient (Wildman–Crippen LogP) is 2.02. The number of hydrogen-bond acceptors (Lipinski definition) is 3. The fourth-order valence-electron chi connectivity index (χ4n) is 3.25. The van der Waals surface area contributed by atoms with Gasteiger partial charge in [0.25, 0.3) is 5.91 Å². The fraction of sp³-hybridized carbons (Fsp3) is 0.529. The van der Waals surface area contributed by atoms with E-state index in [1.807, 2.05) is 25.1 Å². The maximum absolute atomic E-state index is 12.1. The Morgan fingerprint density at radius 2 is 2.09 bits per heavy atom. The highest BCUT2D eigenvalue weighted by Crippen LogP contribution is 2.36. The van der Waals surface area contributed by atoms with Gasteiger partial charge in [-0.1, -0.05) is 19.1 Å². The number of ether oxygens (including phenoxy) is 1. The van der Waals surface area contributed by atoms with Gasteiger partial charge in [0.15, 0.2) is 0 Å². The van der Waals surface area contributed by atoms with Crippen LogP contribution in [0.5, 0.6) is 5.75 Å². The second-order valence-corrected chi connectivity index (χ2v) is 6.16. The smallest absolute Gasteiger partial charge is 0.255 e. The SMILES string of the molecule is CCC(=O)NC1CCC2(CC1)CNC(=O)c1ccccc1O2. The lowest BCUT2D eigenvalue weighted by Crippen LogP contribution is -2.51. The van der Waals surface area contributed by atoms with Crippen LogP contribution in [0.3, 0.4) is 0 Å². The minimum atomic E-state index is -0.351. The highest BCUT2D eigenvalue weighted by atomic mass is 16.5. The summed E-state index contributed by atoms with van der Waals surface area (Å²) in [7, 11) is 0. The Hall–Kier alpha value is -2.04. The maximum atomic E-state index is 12.1. The van der Waals surface area contributed by atoms with Gasteiger partial charge in [-0.15, -0.1) is 0 Å². The highest BCUT2D eigenvalue weighted by Gasteiger charge is 2.40. The number of nitrogens with one attached hydrogen (secondary N) is 2. The van der Waals surface area contributed by atoms with E-state index < -0.39 is 0 Å². The lowest BCUT2D eigenvalue weighted by molar-refractivity contribution is -0.122. The first kappa shape index (κ1) is 14.9. The van der Waals surface area contributed by atoms with Crippen LogP contribution in [0.2, 0.25) is 0 Å². The molecule has 5 heteroatoms. The lowest BCUT2D eigenvalue weighted by Gasteiger charge is -2.39. The van der Waals surface area contributed by atoms with Gasteiger partial charge in [0, 0.05) is 12.5 Å². The zero-order chi connectivity index (χ0) is 15.6. The quantitative estimate of drug-likeness (QED) is 0.878. The maximum Gasteiger partial charge on any atom is 0.255 e. The van der Waals surface area contributed by atoms with Crippen LogP contribution in [0, 0.1) is 0 Å². The molecule has 2 N–H and O–H groups in total. The van der Waals surface area contributed by atoms with Crippen LogP contribution < -0.4 is 15.4 Å². The predicted molar refractivity (Wildman–Crippen MR) is 82.8 cm³/mol. The van der Waals surface area contributed by atoms with Gasteiger partial charge in [-0.25, -0.2) is 0 Å². The second-order valence-electron chi connectivity index (χ2n) is 6.16. The summed E-state index contributed by atoms with van der Waals surface area (Å²) in [6, 6.07) is 7.59. The van der Waals surface area contributed by atoms with E-state index in [1.165, 1.54) is 0 Å². The van der Waals surface area contributed by atoms with Gasteiger partial charge in [-0.05, 0) is 37.8 Å². The molecular formula is C17H22N2O3. The monoisotopic (exact) mass is 302 g/mol. The van der Waals surface area contributed by atoms with Crippen molar-refractivity contribution in [2.75, 3.05) is 6.54 Å². The molecule has 22 heavy (non-hydrogen) atoms. The van der Waals surface area contributed by atoms with Crippen molar-refractivity contribution in [3.8, 4) is 5.75 Å². The third kappa shape index (κ3) is 2.93. The Morgan fingerprint density at radius 3 is 2.82 bits per heavy atom. The number of hydrogen-bond donors (Lipinski definition) is 2. The molecule has 1 fully saturated rings. The van der Waals surface area contributed by atoms with Crippen molar-refractivity contribution in [3.05, 3.63) is 29.8 Å². The highest BCUT2D eigenvalue weighted by molar-refractivity contribution is 5.97. The number of carbonyl (C=O) groups is 2. The number of carbonyl (C=O) groups excluding carboxylic acids is 2. The van der Waals surface area contributed by atoms with E-state index in [0.29, 0.717) is 24.3 Å². The molecule has 1 aliphatic heterocycles. The summed E-state index contributed by atoms with van der Waals surface area (Å²) >= 11 is 0. The first-order valence-corrected chi connectivity index (χ1v) is 7.97. The molecule has 1 heterocycles. The van der Waals surface area contributed by atoms with Gasteiger partial charge in [-0.3, -0.25) is 9.59 Å². The van der Waals surface area contributed by atoms with E-state index in [-0.39, 0.29) is 23.5 Å². The van der Waals surface area contributed by atoms with Crippen LogP contribution in [0.25, 0.3) is 0 Å². The number of benzene rings is 1. The summed E-state index contributed by atoms with van der Waals surface area (Å²) in [4.78, 5) is 23.6. The van der Waals surface area contributed by atoms with Crippen LogP contribution in [0.4, 0.5) is 0 Å². The van der Waals surface area contributed by atoms with Crippen LogP contribution in [0.15, 0.2) is 24.3 Å². The molecule has 1 aromatic rings. The molecule has 0 bridgehead atoms. The van der Waals surface area contributed by atoms with Crippen LogP contribution in [-0.2, 0) is 4.79 Å². The summed E-state index contributed by atoms with van der Waals surface area (Å²) in [6.07, 6.45) is 3.93. The summed E-state index contributed by atoms with van der Waals surface area (Å²) in [5.74, 6) is 0.684. The summed E-state index contributed by atoms with van der Waals surface area (Å²) in [6.45, 7) is 2.38. The van der Waals surface area contributed by atoms with Crippen molar-refractivity contribution in [2.24, 2.45) is 0 Å². The average Bonchev–Trinajstić information content (AvgIpc) is 2.68. The molecule has 0 radical (unpaired) electrons. The fourth-order valence-corrected chi connectivity index (χ4v) is 3.25. The van der Waals surface area contributed by atoms with Gasteiger partial charge in [0.05, 0.1) is 12.1 Å². The summed E-state index contributed by atoms with van der Waals surface area (Å²) in [5.41, 5.74) is 0.246. The molecule has 0 saturated heterocycles. The van der Waals surface area contributed by atoms with E-state index in [2.05, 4.69) is 10.6 Å². The molecule has 2 aliphatic rings. The van der Waals surface area contributed by atoms with Crippen molar-refractivity contribution in [2.45, 2.75) is 50.7 Å². The van der Waals surface area contributed by atoms with Gasteiger partial charge >= 0.3 is 0 Å². The van der Waals surface area contributed by atoms with Crippen molar-refractivity contribution >= 4 is 11.8 Å². The zero-order valence-electron chi connectivity index (χ0n) is 12.9. The normalized spacial score (nSPS) is 27.3. The zero-order valence-corrected chi connectivity index (χ0v) is 12.9. The van der Waals surface area contributed by atoms with Crippen molar-refractivity contribution in [1.82, 2.24) is 10.6 Å². The Morgan fingerprint density at radius 1 is 1.36 bits per heavy atom. The van der Waals surface area contributed by atoms with Crippen LogP contribution in [0.1, 0.15) is 49.4 Å². The van der Waals surface area contributed by atoms with E-state index in [9.17, 15) is 9.59 Å². The first-order valence-electron chi connectivity index (χ1n) is 7.97. The Kier molecular flexibility index (Phi) is 4.05. The van der Waals surface area contributed by atoms with Gasteiger partial charge < -0.3 is 15.4 Å². The molecule has 1 spiro atoms. The summed E-state index contributed by atoms with van der Waals surface area (Å²) < 4.78 is 6.24. The third-order valence-electron chi connectivity index (χ3n) is 4.61. The number of para-hydroxylation sites is 1. The minimum Gasteiger partial charge on any atom is -0.485 e. The van der Waals surface area contributed by atoms with Gasteiger partial charge in [0.1, 0.15) is 11.4 Å². The molecular weight excluding hydrogens is 280 g/mol. The first-order chi connectivity index (χ1) is 10.6. The molecule has 118 valence electrons. The number of fused-ring (bicyclic) bond motifs is 1. The number of rotatable bonds is 2. The molecule has 0 aromatic heterocycles. The Balaban J connectivity index is 1.71. The lowest BCUT2D eigenvalue weighted by atomic mass is 9.81. The molecule has 0 unspecified atom stereocenters. The topological polar surface area (TPSA) is 67.4 Å². The van der Waals surface area contributed by atoms with Crippen molar-refractivity contribution in [3.63, 3.8) is 0 Å². The standard InChI is InChI=1S/C17H22N2O3/c1-2-15(20)19-12-7-9-17(10-8-12)11-18-16(21)13-5-3-4-6-14(13)22-17/h3-6,12H,2,7-11H2,1H3,(H,18,21)(H,19,20). The Labute approximate surface area is 130 Å². The van der Waals surface area contributed by atoms with E-state index >= 15 is 0 Å². The van der Waals surface area contributed by atoms with Gasteiger partial charge in [-0.2, -0.15) is 0 Å². The van der Waals surface area contributed by atoms with Crippen LogP contribution in [-0.4, -0.2) is 30.0 Å². The molecule has 3 rings (SSSR count). The largest absolute Gasteiger partial charge is 0.485 e. The van der Waals surface area contributed by atoms with E-state index in [1.54, 1.807) is 6.07 Å². The van der Waals surface area contributed by atoms with Gasteiger partial charge in [0.2, 0.25) is 5.91 Å². The van der Waals surface area contributed by atoms with E-state index in [4.69, 9.17) is 4.74 Å². The third-order valence-corrected chi connectivity index (χ3v) is 4.61. The molecule has 1 saturated carbocycles. The average molecular weight is 302 g/mol. The number of amides is 2. The van der Waals surface area contributed by atoms with E-state index in [0.717, 1.165) is 25.7 Å². The molecule has 1 aromatic carbocycles. The minimum absolute atomic E-state index is 0.0751. The molecule has 0 atom stereocenters. The molecule has 1 aliphatic carbocycles. The van der Waals surface area contributed by atoms with Crippen LogP contribution >= 0.6 is 0 Å². The summed E-state index contributed by atoms with van der Waals surface area (Å²) in [5, 5.41) is 6.03.